The van der Waals surface area contributed by atoms with Gasteiger partial charge in [0, 0.05) is 27.5 Å². The Morgan fingerprint density at radius 3 is 1.73 bits per heavy atom. The van der Waals surface area contributed by atoms with Gasteiger partial charge in [-0.2, -0.15) is 5.26 Å². The fourth-order valence-corrected chi connectivity index (χ4v) is 7.44. The Morgan fingerprint density at radius 1 is 0.382 bits per heavy atom. The van der Waals surface area contributed by atoms with Gasteiger partial charge in [-0.05, 0) is 80.6 Å². The third-order valence-electron chi connectivity index (χ3n) is 10.2. The van der Waals surface area contributed by atoms with E-state index in [1.54, 1.807) is 0 Å². The molecule has 0 fully saturated rings. The second-order valence-electron chi connectivity index (χ2n) is 13.5. The Bertz CT molecular complexity index is 3090. The van der Waals surface area contributed by atoms with Gasteiger partial charge in [-0.3, -0.25) is 0 Å². The highest BCUT2D eigenvalue weighted by Crippen LogP contribution is 2.39. The van der Waals surface area contributed by atoms with E-state index in [0.717, 1.165) is 71.7 Å². The molecule has 0 unspecified atom stereocenters. The molecule has 2 heterocycles. The maximum Gasteiger partial charge on any atom is 0.164 e. The van der Waals surface area contributed by atoms with E-state index in [0.29, 0.717) is 23.0 Å². The number of furan rings is 1. The van der Waals surface area contributed by atoms with Crippen LogP contribution in [0.3, 0.4) is 0 Å². The lowest BCUT2D eigenvalue weighted by atomic mass is 9.96. The molecule has 0 bridgehead atoms. The maximum atomic E-state index is 9.95. The number of hydrogen-bond acceptors (Lipinski definition) is 5. The van der Waals surface area contributed by atoms with Crippen molar-refractivity contribution in [3.05, 3.63) is 188 Å². The van der Waals surface area contributed by atoms with Crippen LogP contribution in [-0.2, 0) is 0 Å². The van der Waals surface area contributed by atoms with Crippen molar-refractivity contribution in [2.24, 2.45) is 0 Å². The van der Waals surface area contributed by atoms with Crippen molar-refractivity contribution in [2.45, 2.75) is 0 Å². The van der Waals surface area contributed by atoms with Crippen LogP contribution >= 0.6 is 0 Å². The van der Waals surface area contributed by atoms with Crippen molar-refractivity contribution in [2.75, 3.05) is 0 Å². The van der Waals surface area contributed by atoms with Crippen LogP contribution in [0.1, 0.15) is 5.56 Å². The zero-order valence-corrected chi connectivity index (χ0v) is 29.5. The van der Waals surface area contributed by atoms with E-state index >= 15 is 0 Å². The summed E-state index contributed by atoms with van der Waals surface area (Å²) in [5.41, 5.74) is 11.3. The van der Waals surface area contributed by atoms with E-state index in [1.807, 2.05) is 97.1 Å². The quantitative estimate of drug-likeness (QED) is 0.172. The van der Waals surface area contributed by atoms with Crippen molar-refractivity contribution < 1.29 is 4.42 Å². The van der Waals surface area contributed by atoms with Crippen molar-refractivity contribution >= 4 is 32.7 Å². The van der Waals surface area contributed by atoms with Gasteiger partial charge in [0.1, 0.15) is 11.2 Å². The first kappa shape index (κ1) is 32.0. The molecular formula is C50H30N4O. The summed E-state index contributed by atoms with van der Waals surface area (Å²) in [6.07, 6.45) is 0. The Balaban J connectivity index is 1.07. The number of nitrogens with zero attached hydrogens (tertiary/aromatic N) is 4. The lowest BCUT2D eigenvalue weighted by Gasteiger charge is -2.10. The molecule has 0 amide bonds. The normalized spacial score (nSPS) is 11.3. The average molecular weight is 703 g/mol. The van der Waals surface area contributed by atoms with Crippen LogP contribution in [0, 0.1) is 11.3 Å². The van der Waals surface area contributed by atoms with Crippen LogP contribution < -0.4 is 0 Å². The summed E-state index contributed by atoms with van der Waals surface area (Å²) in [5.74, 6) is 1.68. The van der Waals surface area contributed by atoms with Crippen LogP contribution in [-0.4, -0.2) is 15.0 Å². The smallest absolute Gasteiger partial charge is 0.164 e. The van der Waals surface area contributed by atoms with Crippen LogP contribution in [0.15, 0.2) is 186 Å². The van der Waals surface area contributed by atoms with Crippen molar-refractivity contribution in [1.29, 1.82) is 5.26 Å². The number of benzene rings is 8. The molecule has 0 aliphatic rings. The van der Waals surface area contributed by atoms with Gasteiger partial charge in [-0.15, -0.1) is 0 Å². The standard InChI is InChI=1S/C50H30N4O/c51-31-41-29-40(28-37-15-7-8-18-42(37)41)36-16-9-17-38(27-36)49-52-48(35-13-5-2-6-14-35)53-50(54-49)39-25-26-44-46(30-39)55-45-20-10-19-43(47(44)45)34-23-21-33(22-24-34)32-11-3-1-4-12-32/h1-30H. The van der Waals surface area contributed by atoms with Gasteiger partial charge in [-0.25, -0.2) is 15.0 Å². The molecule has 0 aliphatic carbocycles. The highest BCUT2D eigenvalue weighted by atomic mass is 16.3. The second kappa shape index (κ2) is 13.4. The van der Waals surface area contributed by atoms with Crippen molar-refractivity contribution in [1.82, 2.24) is 15.0 Å². The SMILES string of the molecule is N#Cc1cc(-c2cccc(-c3nc(-c4ccccc4)nc(-c4ccc5c(c4)oc4cccc(-c6ccc(-c7ccccc7)cc6)c45)n3)c2)cc2ccccc12. The van der Waals surface area contributed by atoms with Crippen molar-refractivity contribution in [3.63, 3.8) is 0 Å². The van der Waals surface area contributed by atoms with Gasteiger partial charge in [0.2, 0.25) is 0 Å². The molecule has 10 aromatic rings. The summed E-state index contributed by atoms with van der Waals surface area (Å²) >= 11 is 0. The second-order valence-corrected chi connectivity index (χ2v) is 13.5. The molecule has 8 aromatic carbocycles. The summed E-state index contributed by atoms with van der Waals surface area (Å²) < 4.78 is 6.52. The molecule has 5 nitrogen and oxygen atoms in total. The van der Waals surface area contributed by atoms with Crippen LogP contribution in [0.5, 0.6) is 0 Å². The molecule has 0 radical (unpaired) electrons. The first-order valence-corrected chi connectivity index (χ1v) is 18.2. The van der Waals surface area contributed by atoms with Crippen LogP contribution in [0.25, 0.3) is 100 Å². The molecular weight excluding hydrogens is 673 g/mol. The zero-order chi connectivity index (χ0) is 36.7. The van der Waals surface area contributed by atoms with Gasteiger partial charge in [0.15, 0.2) is 17.5 Å². The van der Waals surface area contributed by atoms with Crippen LogP contribution in [0.2, 0.25) is 0 Å². The molecule has 0 atom stereocenters. The van der Waals surface area contributed by atoms with E-state index in [-0.39, 0.29) is 0 Å². The zero-order valence-electron chi connectivity index (χ0n) is 29.5. The molecule has 0 saturated heterocycles. The predicted octanol–water partition coefficient (Wildman–Crippen LogP) is 12.8. The Labute approximate surface area is 317 Å². The van der Waals surface area contributed by atoms with Gasteiger partial charge in [0.25, 0.3) is 0 Å². The van der Waals surface area contributed by atoms with Gasteiger partial charge < -0.3 is 4.42 Å². The minimum absolute atomic E-state index is 0.547. The van der Waals surface area contributed by atoms with Crippen molar-refractivity contribution in [3.8, 4) is 73.6 Å². The predicted molar refractivity (Wildman–Crippen MR) is 222 cm³/mol. The van der Waals surface area contributed by atoms with Crippen LogP contribution in [0.4, 0.5) is 0 Å². The Morgan fingerprint density at radius 2 is 0.964 bits per heavy atom. The first-order chi connectivity index (χ1) is 27.2. The fraction of sp³-hybridized carbons (Fsp3) is 0. The molecule has 256 valence electrons. The van der Waals surface area contributed by atoms with E-state index < -0.39 is 0 Å². The summed E-state index contributed by atoms with van der Waals surface area (Å²) in [4.78, 5) is 15.0. The summed E-state index contributed by atoms with van der Waals surface area (Å²) in [5, 5.41) is 14.0. The van der Waals surface area contributed by atoms with Gasteiger partial charge >= 0.3 is 0 Å². The van der Waals surface area contributed by atoms with E-state index in [4.69, 9.17) is 19.4 Å². The minimum atomic E-state index is 0.547. The van der Waals surface area contributed by atoms with E-state index in [1.165, 1.54) is 11.1 Å². The van der Waals surface area contributed by atoms with Gasteiger partial charge in [0.05, 0.1) is 11.6 Å². The van der Waals surface area contributed by atoms with E-state index in [9.17, 15) is 5.26 Å². The lowest BCUT2D eigenvalue weighted by Crippen LogP contribution is -2.00. The Kier molecular flexibility index (Phi) is 7.79. The minimum Gasteiger partial charge on any atom is -0.456 e. The van der Waals surface area contributed by atoms with E-state index in [2.05, 4.69) is 91.0 Å². The third-order valence-corrected chi connectivity index (χ3v) is 10.2. The lowest BCUT2D eigenvalue weighted by molar-refractivity contribution is 0.669. The molecule has 0 spiro atoms. The maximum absolute atomic E-state index is 9.95. The molecule has 2 aromatic heterocycles. The summed E-state index contributed by atoms with van der Waals surface area (Å²) in [6, 6.07) is 64.1. The number of rotatable bonds is 6. The van der Waals surface area contributed by atoms with Gasteiger partial charge in [-0.1, -0.05) is 146 Å². The molecule has 0 aliphatic heterocycles. The fourth-order valence-electron chi connectivity index (χ4n) is 7.44. The highest BCUT2D eigenvalue weighted by Gasteiger charge is 2.17. The number of fused-ring (bicyclic) bond motifs is 4. The molecule has 55 heavy (non-hydrogen) atoms. The summed E-state index contributed by atoms with van der Waals surface area (Å²) in [6.45, 7) is 0. The Hall–Kier alpha value is -7.68. The monoisotopic (exact) mass is 702 g/mol. The third kappa shape index (κ3) is 5.89. The molecule has 0 saturated carbocycles. The summed E-state index contributed by atoms with van der Waals surface area (Å²) in [7, 11) is 0. The molecule has 0 N–H and O–H groups in total. The number of aromatic nitrogens is 3. The number of hydrogen-bond donors (Lipinski definition) is 0. The first-order valence-electron chi connectivity index (χ1n) is 18.2. The topological polar surface area (TPSA) is 75.6 Å². The molecule has 10 rings (SSSR count). The highest BCUT2D eigenvalue weighted by molar-refractivity contribution is 6.13. The largest absolute Gasteiger partial charge is 0.456 e. The average Bonchev–Trinajstić information content (AvgIpc) is 3.65. The number of nitriles is 1. The molecule has 5 heteroatoms.